The summed E-state index contributed by atoms with van der Waals surface area (Å²) < 4.78 is 5.19. The largest absolute Gasteiger partial charge is 0.497 e. The number of nitrogens with one attached hydrogen (secondary N) is 2. The second-order valence-electron chi connectivity index (χ2n) is 6.19. The van der Waals surface area contributed by atoms with Gasteiger partial charge in [-0.05, 0) is 42.0 Å². The van der Waals surface area contributed by atoms with Crippen molar-refractivity contribution in [3.05, 3.63) is 48.0 Å². The first-order valence-corrected chi connectivity index (χ1v) is 8.15. The van der Waals surface area contributed by atoms with Gasteiger partial charge >= 0.3 is 0 Å². The molecule has 2 heterocycles. The molecule has 1 aliphatic rings. The first kappa shape index (κ1) is 15.4. The van der Waals surface area contributed by atoms with Gasteiger partial charge in [-0.2, -0.15) is 5.10 Å². The number of fused-ring (bicyclic) bond motifs is 1. The van der Waals surface area contributed by atoms with Crippen molar-refractivity contribution in [3.63, 3.8) is 0 Å². The van der Waals surface area contributed by atoms with Crippen molar-refractivity contribution in [2.45, 2.75) is 13.3 Å². The molecule has 4 rings (SSSR count). The molecule has 0 aliphatic carbocycles. The van der Waals surface area contributed by atoms with Crippen LogP contribution in [-0.4, -0.2) is 28.7 Å². The molecule has 2 aromatic carbocycles. The van der Waals surface area contributed by atoms with E-state index in [1.54, 1.807) is 7.11 Å². The number of rotatable bonds is 3. The highest BCUT2D eigenvalue weighted by Gasteiger charge is 2.21. The van der Waals surface area contributed by atoms with Crippen LogP contribution in [0.5, 0.6) is 5.75 Å². The predicted octanol–water partition coefficient (Wildman–Crippen LogP) is 3.10. The van der Waals surface area contributed by atoms with Gasteiger partial charge in [0.2, 0.25) is 5.91 Å². The monoisotopic (exact) mass is 334 g/mol. The lowest BCUT2D eigenvalue weighted by Crippen LogP contribution is -2.33. The van der Waals surface area contributed by atoms with Crippen LogP contribution in [0.3, 0.4) is 0 Å². The first-order valence-electron chi connectivity index (χ1n) is 8.15. The number of carbonyl (C=O) groups excluding carboxylic acids is 1. The van der Waals surface area contributed by atoms with Gasteiger partial charge in [0.15, 0.2) is 0 Å². The highest BCUT2D eigenvalue weighted by atomic mass is 16.5. The molecule has 1 aromatic heterocycles. The van der Waals surface area contributed by atoms with Gasteiger partial charge in [0.25, 0.3) is 0 Å². The van der Waals surface area contributed by atoms with Crippen LogP contribution in [0.15, 0.2) is 47.6 Å². The summed E-state index contributed by atoms with van der Waals surface area (Å²) >= 11 is 0. The number of methoxy groups -OCH3 is 1. The number of aromatic nitrogens is 2. The van der Waals surface area contributed by atoms with E-state index in [-0.39, 0.29) is 11.8 Å². The molecule has 0 saturated heterocycles. The molecule has 0 spiro atoms. The third kappa shape index (κ3) is 2.87. The number of ether oxygens (including phenoxy) is 1. The number of benzene rings is 2. The Hall–Kier alpha value is -3.15. The van der Waals surface area contributed by atoms with Gasteiger partial charge in [0.1, 0.15) is 11.6 Å². The molecule has 6 heteroatoms. The van der Waals surface area contributed by atoms with Crippen molar-refractivity contribution in [1.29, 1.82) is 0 Å². The van der Waals surface area contributed by atoms with Crippen molar-refractivity contribution in [1.82, 2.24) is 15.4 Å². The topological polar surface area (TPSA) is 79.4 Å². The van der Waals surface area contributed by atoms with Crippen molar-refractivity contribution < 1.29 is 9.53 Å². The van der Waals surface area contributed by atoms with E-state index in [0.29, 0.717) is 6.42 Å². The summed E-state index contributed by atoms with van der Waals surface area (Å²) in [5.74, 6) is 1.52. The Bertz CT molecular complexity index is 973. The third-order valence-electron chi connectivity index (χ3n) is 4.43. The molecule has 6 nitrogen and oxygen atoms in total. The molecule has 25 heavy (non-hydrogen) atoms. The fraction of sp³-hybridized carbons (Fsp3) is 0.211. The second-order valence-corrected chi connectivity index (χ2v) is 6.19. The zero-order valence-corrected chi connectivity index (χ0v) is 14.0. The van der Waals surface area contributed by atoms with E-state index in [1.165, 1.54) is 0 Å². The van der Waals surface area contributed by atoms with Gasteiger partial charge in [-0.15, -0.1) is 0 Å². The fourth-order valence-electron chi connectivity index (χ4n) is 2.92. The Morgan fingerprint density at radius 1 is 1.12 bits per heavy atom. The van der Waals surface area contributed by atoms with Gasteiger partial charge in [-0.3, -0.25) is 4.79 Å². The zero-order chi connectivity index (χ0) is 17.4. The third-order valence-corrected chi connectivity index (χ3v) is 4.43. The van der Waals surface area contributed by atoms with Crippen molar-refractivity contribution in [2.24, 2.45) is 11.0 Å². The van der Waals surface area contributed by atoms with E-state index in [4.69, 9.17) is 4.74 Å². The van der Waals surface area contributed by atoms with Gasteiger partial charge in [-0.25, -0.2) is 10.4 Å². The maximum atomic E-state index is 11.5. The van der Waals surface area contributed by atoms with E-state index >= 15 is 0 Å². The Labute approximate surface area is 144 Å². The Kier molecular flexibility index (Phi) is 3.72. The molecule has 1 amide bonds. The summed E-state index contributed by atoms with van der Waals surface area (Å²) in [6, 6.07) is 13.8. The number of imidazole rings is 1. The smallest absolute Gasteiger partial charge is 0.243 e. The van der Waals surface area contributed by atoms with Crippen LogP contribution in [0.25, 0.3) is 22.4 Å². The summed E-state index contributed by atoms with van der Waals surface area (Å²) in [4.78, 5) is 19.5. The number of carbonyl (C=O) groups is 1. The lowest BCUT2D eigenvalue weighted by atomic mass is 9.97. The van der Waals surface area contributed by atoms with E-state index in [1.807, 2.05) is 49.4 Å². The van der Waals surface area contributed by atoms with Crippen molar-refractivity contribution in [2.75, 3.05) is 7.11 Å². The minimum Gasteiger partial charge on any atom is -0.497 e. The number of H-pyrrole nitrogens is 1. The molecule has 0 saturated carbocycles. The van der Waals surface area contributed by atoms with E-state index in [0.717, 1.165) is 39.4 Å². The molecule has 0 unspecified atom stereocenters. The SMILES string of the molecule is COc1ccc(-c2nc3ccc(C4=NNC(=O)[C@@H](C)C4)cc3[nH]2)cc1. The molecule has 1 aliphatic heterocycles. The van der Waals surface area contributed by atoms with Crippen molar-refractivity contribution in [3.8, 4) is 17.1 Å². The maximum absolute atomic E-state index is 11.5. The number of hydrazone groups is 1. The summed E-state index contributed by atoms with van der Waals surface area (Å²) in [6.07, 6.45) is 0.636. The molecule has 0 radical (unpaired) electrons. The Balaban J connectivity index is 1.68. The molecule has 1 atom stereocenters. The number of amides is 1. The average Bonchev–Trinajstić information content (AvgIpc) is 3.07. The van der Waals surface area contributed by atoms with Crippen LogP contribution < -0.4 is 10.2 Å². The molecular weight excluding hydrogens is 316 g/mol. The summed E-state index contributed by atoms with van der Waals surface area (Å²) in [5.41, 5.74) is 7.28. The van der Waals surface area contributed by atoms with E-state index in [9.17, 15) is 4.79 Å². The maximum Gasteiger partial charge on any atom is 0.243 e. The normalized spacial score (nSPS) is 17.3. The number of nitrogens with zero attached hydrogens (tertiary/aromatic N) is 2. The molecule has 0 bridgehead atoms. The Morgan fingerprint density at radius 2 is 1.88 bits per heavy atom. The van der Waals surface area contributed by atoms with Gasteiger partial charge in [-0.1, -0.05) is 13.0 Å². The quantitative estimate of drug-likeness (QED) is 0.772. The van der Waals surface area contributed by atoms with E-state index < -0.39 is 0 Å². The zero-order valence-electron chi connectivity index (χ0n) is 14.0. The van der Waals surface area contributed by atoms with Crippen LogP contribution in [0.1, 0.15) is 18.9 Å². The second kappa shape index (κ2) is 6.05. The van der Waals surface area contributed by atoms with Crippen LogP contribution in [0.4, 0.5) is 0 Å². The number of aromatic amines is 1. The van der Waals surface area contributed by atoms with Gasteiger partial charge < -0.3 is 9.72 Å². The standard InChI is InChI=1S/C19H18N4O2/c1-11-9-16(22-23-19(11)24)13-5-8-15-17(10-13)21-18(20-15)12-3-6-14(25-2)7-4-12/h3-8,10-11H,9H2,1-2H3,(H,20,21)(H,23,24)/t11-/m0/s1. The minimum absolute atomic E-state index is 0.0341. The lowest BCUT2D eigenvalue weighted by molar-refractivity contribution is -0.124. The number of hydrogen-bond acceptors (Lipinski definition) is 4. The van der Waals surface area contributed by atoms with Crippen molar-refractivity contribution >= 4 is 22.7 Å². The molecule has 3 aromatic rings. The minimum atomic E-state index is -0.0696. The molecule has 126 valence electrons. The lowest BCUT2D eigenvalue weighted by Gasteiger charge is -2.17. The van der Waals surface area contributed by atoms with E-state index in [2.05, 4.69) is 20.5 Å². The summed E-state index contributed by atoms with van der Waals surface area (Å²) in [5, 5.41) is 4.19. The van der Waals surface area contributed by atoms with Gasteiger partial charge in [0, 0.05) is 17.9 Å². The summed E-state index contributed by atoms with van der Waals surface area (Å²) in [6.45, 7) is 1.90. The Morgan fingerprint density at radius 3 is 2.60 bits per heavy atom. The fourth-order valence-corrected chi connectivity index (χ4v) is 2.92. The average molecular weight is 334 g/mol. The predicted molar refractivity (Wildman–Crippen MR) is 96.5 cm³/mol. The molecular formula is C19H18N4O2. The van der Waals surface area contributed by atoms with Crippen LogP contribution in [0, 0.1) is 5.92 Å². The molecule has 2 N–H and O–H groups in total. The van der Waals surface area contributed by atoms with Gasteiger partial charge in [0.05, 0.1) is 23.9 Å². The first-order chi connectivity index (χ1) is 12.1. The van der Waals surface area contributed by atoms with Crippen LogP contribution in [-0.2, 0) is 4.79 Å². The van der Waals surface area contributed by atoms with Crippen LogP contribution in [0.2, 0.25) is 0 Å². The highest BCUT2D eigenvalue weighted by molar-refractivity contribution is 6.06. The molecule has 0 fully saturated rings. The highest BCUT2D eigenvalue weighted by Crippen LogP contribution is 2.24. The number of hydrogen-bond donors (Lipinski definition) is 2. The van der Waals surface area contributed by atoms with Crippen LogP contribution >= 0.6 is 0 Å². The summed E-state index contributed by atoms with van der Waals surface area (Å²) in [7, 11) is 1.65.